The van der Waals surface area contributed by atoms with Crippen molar-refractivity contribution in [1.29, 1.82) is 0 Å². The van der Waals surface area contributed by atoms with Crippen LogP contribution in [0.2, 0.25) is 5.15 Å². The quantitative estimate of drug-likeness (QED) is 0.413. The van der Waals surface area contributed by atoms with Gasteiger partial charge in [-0.1, -0.05) is 11.6 Å². The molecule has 0 aliphatic carbocycles. The number of carbonyl (C=O) groups excluding carboxylic acids is 2. The average Bonchev–Trinajstić information content (AvgIpc) is 3.32. The fourth-order valence-corrected chi connectivity index (χ4v) is 7.44. The molecule has 47 heavy (non-hydrogen) atoms. The summed E-state index contributed by atoms with van der Waals surface area (Å²) in [5.74, 6) is 0.0300. The number of aromatic nitrogens is 1. The second kappa shape index (κ2) is 13.3. The van der Waals surface area contributed by atoms with Crippen LogP contribution in [0.4, 0.5) is 34.3 Å². The van der Waals surface area contributed by atoms with E-state index >= 15 is 0 Å². The van der Waals surface area contributed by atoms with Crippen LogP contribution in [0.15, 0.2) is 41.3 Å². The fraction of sp³-hybridized carbons (Fsp3) is 0.567. The number of sulfonamides is 1. The average molecular weight is 703 g/mol. The van der Waals surface area contributed by atoms with Crippen molar-refractivity contribution >= 4 is 45.3 Å². The van der Waals surface area contributed by atoms with E-state index < -0.39 is 45.2 Å². The van der Waals surface area contributed by atoms with Gasteiger partial charge in [0.15, 0.2) is 0 Å². The van der Waals surface area contributed by atoms with Crippen molar-refractivity contribution in [1.82, 2.24) is 19.5 Å². The zero-order valence-corrected chi connectivity index (χ0v) is 27.9. The van der Waals surface area contributed by atoms with Gasteiger partial charge in [0.2, 0.25) is 10.0 Å². The number of likely N-dealkylation sites (tertiary alicyclic amines) is 1. The van der Waals surface area contributed by atoms with E-state index in [0.717, 1.165) is 12.1 Å². The standard InChI is InChI=1S/C30H38ClF3N6O6S/c1-28(2,3)45-26(41)35-10-13-37-11-8-29(9-12-37)20-40(27(42)46-29)22-4-6-23(7-5-22)47(43,44)39-16-14-38(15-17-39)25-19-21(30(32,33)34)18-24(31)36-25/h4-7,18-19H,8-17,20H2,1-3H3,(H,35,41). The molecule has 0 radical (unpaired) electrons. The third-order valence-electron chi connectivity index (χ3n) is 8.29. The Labute approximate surface area is 276 Å². The number of benzene rings is 1. The molecule has 1 spiro atoms. The number of nitrogens with zero attached hydrogens (tertiary/aromatic N) is 5. The molecular weight excluding hydrogens is 665 g/mol. The molecule has 1 aromatic heterocycles. The number of rotatable bonds is 7. The summed E-state index contributed by atoms with van der Waals surface area (Å²) >= 11 is 5.82. The van der Waals surface area contributed by atoms with E-state index in [-0.39, 0.29) is 42.0 Å². The predicted octanol–water partition coefficient (Wildman–Crippen LogP) is 4.58. The molecule has 17 heteroatoms. The Hall–Kier alpha value is -3.34. The SMILES string of the molecule is CC(C)(C)OC(=O)NCCN1CCC2(CC1)CN(c1ccc(S(=O)(=O)N3CCN(c4cc(C(F)(F)F)cc(Cl)n4)CC3)cc1)C(=O)O2. The number of anilines is 2. The van der Waals surface area contributed by atoms with E-state index in [9.17, 15) is 31.2 Å². The Kier molecular flexibility index (Phi) is 9.89. The number of hydrogen-bond donors (Lipinski definition) is 1. The molecule has 5 rings (SSSR count). The molecule has 2 aromatic rings. The first-order valence-corrected chi connectivity index (χ1v) is 17.1. The van der Waals surface area contributed by atoms with E-state index in [1.807, 2.05) is 0 Å². The van der Waals surface area contributed by atoms with Crippen LogP contribution in [-0.4, -0.2) is 105 Å². The van der Waals surface area contributed by atoms with E-state index in [1.54, 1.807) is 37.8 Å². The number of alkyl halides is 3. The molecule has 1 N–H and O–H groups in total. The minimum Gasteiger partial charge on any atom is -0.444 e. The number of nitrogens with one attached hydrogen (secondary N) is 1. The summed E-state index contributed by atoms with van der Waals surface area (Å²) in [4.78, 5) is 34.1. The second-order valence-corrected chi connectivity index (χ2v) is 15.2. The summed E-state index contributed by atoms with van der Waals surface area (Å²) in [6, 6.07) is 7.65. The molecule has 2 amide bonds. The third-order valence-corrected chi connectivity index (χ3v) is 10.4. The molecule has 3 aliphatic rings. The zero-order chi connectivity index (χ0) is 34.2. The summed E-state index contributed by atoms with van der Waals surface area (Å²) in [6.07, 6.45) is -4.33. The minimum atomic E-state index is -4.59. The normalized spacial score (nSPS) is 19.6. The molecular formula is C30H38ClF3N6O6S. The van der Waals surface area contributed by atoms with Crippen LogP contribution < -0.4 is 15.1 Å². The summed E-state index contributed by atoms with van der Waals surface area (Å²) in [5, 5.41) is 2.45. The molecule has 258 valence electrons. The Bertz CT molecular complexity index is 1570. The zero-order valence-electron chi connectivity index (χ0n) is 26.3. The van der Waals surface area contributed by atoms with Gasteiger partial charge in [0.25, 0.3) is 0 Å². The Morgan fingerprint density at radius 1 is 1.04 bits per heavy atom. The van der Waals surface area contributed by atoms with Crippen molar-refractivity contribution in [3.8, 4) is 0 Å². The first-order valence-electron chi connectivity index (χ1n) is 15.2. The predicted molar refractivity (Wildman–Crippen MR) is 168 cm³/mol. The van der Waals surface area contributed by atoms with E-state index in [4.69, 9.17) is 21.1 Å². The van der Waals surface area contributed by atoms with E-state index in [2.05, 4.69) is 15.2 Å². The van der Waals surface area contributed by atoms with Gasteiger partial charge in [0.05, 0.1) is 17.0 Å². The van der Waals surface area contributed by atoms with Crippen LogP contribution in [0.5, 0.6) is 0 Å². The van der Waals surface area contributed by atoms with E-state index in [1.165, 1.54) is 21.3 Å². The Balaban J connectivity index is 1.13. The lowest BCUT2D eigenvalue weighted by molar-refractivity contribution is -0.137. The number of carbonyl (C=O) groups is 2. The highest BCUT2D eigenvalue weighted by Crippen LogP contribution is 2.37. The number of amides is 2. The van der Waals surface area contributed by atoms with Gasteiger partial charge in [-0.3, -0.25) is 4.90 Å². The molecule has 0 atom stereocenters. The highest BCUT2D eigenvalue weighted by molar-refractivity contribution is 7.89. The van der Waals surface area contributed by atoms with Crippen molar-refractivity contribution in [2.24, 2.45) is 0 Å². The van der Waals surface area contributed by atoms with Crippen molar-refractivity contribution < 1.29 is 40.7 Å². The van der Waals surface area contributed by atoms with Gasteiger partial charge >= 0.3 is 18.4 Å². The molecule has 0 bridgehead atoms. The second-order valence-electron chi connectivity index (χ2n) is 12.8. The first-order chi connectivity index (χ1) is 21.9. The number of hydrogen-bond acceptors (Lipinski definition) is 9. The number of alkyl carbamates (subject to hydrolysis) is 1. The number of piperazine rings is 1. The number of ether oxygens (including phenoxy) is 2. The molecule has 0 unspecified atom stereocenters. The van der Waals surface area contributed by atoms with Gasteiger partial charge < -0.3 is 24.6 Å². The maximum Gasteiger partial charge on any atom is 0.416 e. The van der Waals surface area contributed by atoms with Crippen LogP contribution >= 0.6 is 11.6 Å². The van der Waals surface area contributed by atoms with Gasteiger partial charge in [-0.15, -0.1) is 0 Å². The van der Waals surface area contributed by atoms with Crippen molar-refractivity contribution in [2.75, 3.05) is 68.7 Å². The van der Waals surface area contributed by atoms with Crippen molar-refractivity contribution in [3.05, 3.63) is 47.1 Å². The molecule has 4 heterocycles. The van der Waals surface area contributed by atoms with Gasteiger partial charge in [-0.2, -0.15) is 17.5 Å². The molecule has 0 saturated carbocycles. The van der Waals surface area contributed by atoms with Crippen LogP contribution in [0.25, 0.3) is 0 Å². The number of pyridine rings is 1. The van der Waals surface area contributed by atoms with Crippen LogP contribution in [0.1, 0.15) is 39.2 Å². The van der Waals surface area contributed by atoms with E-state index in [0.29, 0.717) is 51.3 Å². The summed E-state index contributed by atoms with van der Waals surface area (Å²) in [5.41, 5.74) is -1.65. The van der Waals surface area contributed by atoms with Crippen LogP contribution in [0.3, 0.4) is 0 Å². The van der Waals surface area contributed by atoms with Crippen molar-refractivity contribution in [2.45, 2.75) is 55.9 Å². The highest BCUT2D eigenvalue weighted by atomic mass is 35.5. The minimum absolute atomic E-state index is 0.0300. The number of halogens is 4. The van der Waals surface area contributed by atoms with Gasteiger partial charge in [0, 0.05) is 70.9 Å². The third kappa shape index (κ3) is 8.39. The summed E-state index contributed by atoms with van der Waals surface area (Å²) in [6.45, 7) is 8.48. The van der Waals surface area contributed by atoms with Crippen LogP contribution in [-0.2, 0) is 25.7 Å². The summed E-state index contributed by atoms with van der Waals surface area (Å²) in [7, 11) is -3.91. The molecule has 12 nitrogen and oxygen atoms in total. The molecule has 3 fully saturated rings. The Morgan fingerprint density at radius 2 is 1.68 bits per heavy atom. The fourth-order valence-electron chi connectivity index (χ4n) is 5.81. The smallest absolute Gasteiger partial charge is 0.416 e. The molecule has 1 aromatic carbocycles. The van der Waals surface area contributed by atoms with Crippen LogP contribution in [0, 0.1) is 0 Å². The maximum atomic E-state index is 13.4. The topological polar surface area (TPSA) is 125 Å². The van der Waals surface area contributed by atoms with Gasteiger partial charge in [0.1, 0.15) is 22.2 Å². The van der Waals surface area contributed by atoms with Gasteiger partial charge in [-0.05, 0) is 57.2 Å². The summed E-state index contributed by atoms with van der Waals surface area (Å²) < 4.78 is 78.9. The first kappa shape index (κ1) is 35.0. The van der Waals surface area contributed by atoms with Crippen molar-refractivity contribution in [3.63, 3.8) is 0 Å². The highest BCUT2D eigenvalue weighted by Gasteiger charge is 2.47. The lowest BCUT2D eigenvalue weighted by Gasteiger charge is -2.37. The lowest BCUT2D eigenvalue weighted by atomic mass is 9.91. The Morgan fingerprint density at radius 3 is 2.28 bits per heavy atom. The number of piperidine rings is 1. The molecule has 3 saturated heterocycles. The maximum absolute atomic E-state index is 13.4. The largest absolute Gasteiger partial charge is 0.444 e. The lowest BCUT2D eigenvalue weighted by Crippen LogP contribution is -2.49. The molecule has 3 aliphatic heterocycles. The monoisotopic (exact) mass is 702 g/mol. The van der Waals surface area contributed by atoms with Gasteiger partial charge in [-0.25, -0.2) is 23.0 Å².